The van der Waals surface area contributed by atoms with Gasteiger partial charge >= 0.3 is 12.1 Å². The molecule has 0 radical (unpaired) electrons. The van der Waals surface area contributed by atoms with Crippen molar-refractivity contribution < 1.29 is 29.0 Å². The molecule has 3 rings (SSSR count). The molecule has 1 aliphatic rings. The minimum atomic E-state index is -0.917. The average Bonchev–Trinajstić information content (AvgIpc) is 3.10. The third-order valence-electron chi connectivity index (χ3n) is 5.06. The number of aliphatic carboxylic acids is 1. The van der Waals surface area contributed by atoms with Crippen LogP contribution in [0.15, 0.2) is 48.5 Å². The Morgan fingerprint density at radius 2 is 1.69 bits per heavy atom. The molecule has 0 bridgehead atoms. The minimum Gasteiger partial charge on any atom is -0.481 e. The minimum absolute atomic E-state index is 0.0156. The van der Waals surface area contributed by atoms with E-state index < -0.39 is 24.0 Å². The highest BCUT2D eigenvalue weighted by molar-refractivity contribution is 7.99. The molecule has 1 atom stereocenters. The van der Waals surface area contributed by atoms with Gasteiger partial charge in [0.25, 0.3) is 0 Å². The number of ether oxygens (including phenoxy) is 2. The van der Waals surface area contributed by atoms with E-state index >= 15 is 0 Å². The summed E-state index contributed by atoms with van der Waals surface area (Å²) in [7, 11) is 1.43. The second-order valence-corrected chi connectivity index (χ2v) is 8.32. The van der Waals surface area contributed by atoms with Crippen molar-refractivity contribution in [3.63, 3.8) is 0 Å². The molecular formula is C23H26N2O6S. The molecule has 0 saturated carbocycles. The molecule has 8 nitrogen and oxygen atoms in total. The maximum atomic E-state index is 12.4. The van der Waals surface area contributed by atoms with Gasteiger partial charge in [0.05, 0.1) is 12.4 Å². The number of amides is 2. The van der Waals surface area contributed by atoms with Crippen molar-refractivity contribution >= 4 is 29.7 Å². The molecule has 3 N–H and O–H groups in total. The zero-order chi connectivity index (χ0) is 22.9. The molecule has 0 fully saturated rings. The molecule has 2 aromatic rings. The fourth-order valence-electron chi connectivity index (χ4n) is 3.66. The monoisotopic (exact) mass is 458 g/mol. The number of hydrogen-bond acceptors (Lipinski definition) is 6. The first-order valence-electron chi connectivity index (χ1n) is 10.2. The number of benzene rings is 2. The number of carboxylic acids is 1. The summed E-state index contributed by atoms with van der Waals surface area (Å²) in [4.78, 5) is 35.3. The molecule has 32 heavy (non-hydrogen) atoms. The first-order valence-corrected chi connectivity index (χ1v) is 11.3. The van der Waals surface area contributed by atoms with Gasteiger partial charge in [-0.05, 0) is 22.3 Å². The van der Waals surface area contributed by atoms with Crippen molar-refractivity contribution in [2.24, 2.45) is 0 Å². The number of hydrogen-bond donors (Lipinski definition) is 3. The summed E-state index contributed by atoms with van der Waals surface area (Å²) < 4.78 is 10.5. The largest absolute Gasteiger partial charge is 0.481 e. The average molecular weight is 459 g/mol. The smallest absolute Gasteiger partial charge is 0.407 e. The van der Waals surface area contributed by atoms with Gasteiger partial charge in [0.15, 0.2) is 0 Å². The van der Waals surface area contributed by atoms with Crippen molar-refractivity contribution in [3.8, 4) is 11.1 Å². The number of carbonyl (C=O) groups is 3. The van der Waals surface area contributed by atoms with Crippen molar-refractivity contribution in [1.82, 2.24) is 10.6 Å². The molecule has 1 aliphatic carbocycles. The number of carbonyl (C=O) groups excluding carboxylic acids is 2. The molecule has 0 saturated heterocycles. The third-order valence-corrected chi connectivity index (χ3v) is 6.00. The number of rotatable bonds is 11. The van der Waals surface area contributed by atoms with E-state index in [0.29, 0.717) is 5.75 Å². The zero-order valence-corrected chi connectivity index (χ0v) is 18.5. The van der Waals surface area contributed by atoms with Crippen LogP contribution >= 0.6 is 11.8 Å². The van der Waals surface area contributed by atoms with E-state index in [1.807, 2.05) is 36.4 Å². The van der Waals surface area contributed by atoms with E-state index in [0.717, 1.165) is 22.3 Å². The molecule has 0 unspecified atom stereocenters. The Bertz CT molecular complexity index is 922. The summed E-state index contributed by atoms with van der Waals surface area (Å²) >= 11 is 1.20. The highest BCUT2D eigenvalue weighted by atomic mass is 32.2. The van der Waals surface area contributed by atoms with E-state index in [2.05, 4.69) is 22.8 Å². The van der Waals surface area contributed by atoms with Crippen LogP contribution in [0, 0.1) is 0 Å². The summed E-state index contributed by atoms with van der Waals surface area (Å²) in [5.41, 5.74) is 4.47. The zero-order valence-electron chi connectivity index (χ0n) is 17.7. The molecule has 0 aromatic heterocycles. The van der Waals surface area contributed by atoms with Crippen molar-refractivity contribution in [3.05, 3.63) is 59.7 Å². The highest BCUT2D eigenvalue weighted by Crippen LogP contribution is 2.44. The van der Waals surface area contributed by atoms with E-state index in [9.17, 15) is 14.4 Å². The molecular weight excluding hydrogens is 432 g/mol. The number of carboxylic acid groups (broad SMARTS) is 1. The number of methoxy groups -OCH3 is 1. The van der Waals surface area contributed by atoms with Crippen LogP contribution in [0.25, 0.3) is 11.1 Å². The SMILES string of the molecule is COC[C@H](NC(=O)OCC1c2ccccc2-c2ccccc21)C(=O)NCCSCC(=O)O. The standard InChI is InChI=1S/C23H26N2O6S/c1-30-13-20(22(28)24-10-11-32-14-21(26)27)25-23(29)31-12-19-17-8-4-2-6-15(17)16-7-3-5-9-18(16)19/h2-9,19-20H,10-14H2,1H3,(H,24,28)(H,25,29)(H,26,27)/t20-/m0/s1. The van der Waals surface area contributed by atoms with Crippen LogP contribution in [0.2, 0.25) is 0 Å². The quantitative estimate of drug-likeness (QED) is 0.443. The molecule has 0 spiro atoms. The van der Waals surface area contributed by atoms with Gasteiger partial charge < -0.3 is 25.2 Å². The lowest BCUT2D eigenvalue weighted by Gasteiger charge is -2.19. The predicted molar refractivity (Wildman–Crippen MR) is 122 cm³/mol. The predicted octanol–water partition coefficient (Wildman–Crippen LogP) is 2.47. The lowest BCUT2D eigenvalue weighted by Crippen LogP contribution is -2.50. The summed E-state index contributed by atoms with van der Waals surface area (Å²) in [6.07, 6.45) is -0.704. The summed E-state index contributed by atoms with van der Waals surface area (Å²) in [5.74, 6) is -0.987. The van der Waals surface area contributed by atoms with Gasteiger partial charge in [0.2, 0.25) is 5.91 Å². The molecule has 2 aromatic carbocycles. The molecule has 170 valence electrons. The van der Waals surface area contributed by atoms with Gasteiger partial charge in [0.1, 0.15) is 12.6 Å². The normalized spacial score (nSPS) is 13.0. The van der Waals surface area contributed by atoms with Gasteiger partial charge in [-0.3, -0.25) is 9.59 Å². The van der Waals surface area contributed by atoms with Crippen molar-refractivity contribution in [1.29, 1.82) is 0 Å². The van der Waals surface area contributed by atoms with E-state index in [4.69, 9.17) is 14.6 Å². The Morgan fingerprint density at radius 1 is 1.06 bits per heavy atom. The third kappa shape index (κ3) is 6.02. The Labute approximate surface area is 190 Å². The maximum absolute atomic E-state index is 12.4. The first-order chi connectivity index (χ1) is 15.5. The second kappa shape index (κ2) is 11.5. The van der Waals surface area contributed by atoms with Crippen LogP contribution in [0.5, 0.6) is 0 Å². The molecule has 2 amide bonds. The Morgan fingerprint density at radius 3 is 2.28 bits per heavy atom. The van der Waals surface area contributed by atoms with Crippen LogP contribution in [0.1, 0.15) is 17.0 Å². The van der Waals surface area contributed by atoms with E-state index in [1.54, 1.807) is 0 Å². The van der Waals surface area contributed by atoms with Crippen molar-refractivity contribution in [2.45, 2.75) is 12.0 Å². The van der Waals surface area contributed by atoms with Gasteiger partial charge in [0, 0.05) is 25.3 Å². The molecule has 9 heteroatoms. The van der Waals surface area contributed by atoms with Gasteiger partial charge in [-0.25, -0.2) is 4.79 Å². The topological polar surface area (TPSA) is 114 Å². The van der Waals surface area contributed by atoms with E-state index in [1.165, 1.54) is 18.9 Å². The lowest BCUT2D eigenvalue weighted by atomic mass is 9.98. The Kier molecular flexibility index (Phi) is 8.52. The lowest BCUT2D eigenvalue weighted by molar-refractivity contribution is -0.134. The van der Waals surface area contributed by atoms with Crippen LogP contribution in [-0.2, 0) is 19.1 Å². The van der Waals surface area contributed by atoms with Gasteiger partial charge in [-0.2, -0.15) is 0 Å². The number of nitrogens with one attached hydrogen (secondary N) is 2. The fraction of sp³-hybridized carbons (Fsp3) is 0.348. The Hall–Kier alpha value is -3.04. The molecule has 0 heterocycles. The number of thioether (sulfide) groups is 1. The van der Waals surface area contributed by atoms with Crippen LogP contribution in [-0.4, -0.2) is 67.5 Å². The van der Waals surface area contributed by atoms with Crippen LogP contribution < -0.4 is 10.6 Å². The Balaban J connectivity index is 1.53. The summed E-state index contributed by atoms with van der Waals surface area (Å²) in [6, 6.07) is 15.2. The fourth-order valence-corrected chi connectivity index (χ4v) is 4.23. The number of alkyl carbamates (subject to hydrolysis) is 1. The van der Waals surface area contributed by atoms with Crippen molar-refractivity contribution in [2.75, 3.05) is 38.4 Å². The van der Waals surface area contributed by atoms with Gasteiger partial charge in [-0.15, -0.1) is 11.8 Å². The summed E-state index contributed by atoms with van der Waals surface area (Å²) in [6.45, 7) is 0.411. The highest BCUT2D eigenvalue weighted by Gasteiger charge is 2.29. The van der Waals surface area contributed by atoms with E-state index in [-0.39, 0.29) is 31.4 Å². The second-order valence-electron chi connectivity index (χ2n) is 7.22. The van der Waals surface area contributed by atoms with Gasteiger partial charge in [-0.1, -0.05) is 48.5 Å². The summed E-state index contributed by atoms with van der Waals surface area (Å²) in [5, 5.41) is 13.8. The first kappa shape index (κ1) is 23.6. The van der Waals surface area contributed by atoms with Crippen LogP contribution in [0.3, 0.4) is 0 Å². The molecule has 0 aliphatic heterocycles. The van der Waals surface area contributed by atoms with Crippen LogP contribution in [0.4, 0.5) is 4.79 Å². The maximum Gasteiger partial charge on any atom is 0.407 e. The number of fused-ring (bicyclic) bond motifs is 3.